The SMILES string of the molecule is CNC(c1cscn1)c1cccc(Br)c1F. The van der Waals surface area contributed by atoms with Crippen LogP contribution in [0.25, 0.3) is 0 Å². The lowest BCUT2D eigenvalue weighted by molar-refractivity contribution is 0.567. The zero-order valence-corrected chi connectivity index (χ0v) is 11.0. The fourth-order valence-electron chi connectivity index (χ4n) is 1.57. The highest BCUT2D eigenvalue weighted by Gasteiger charge is 2.18. The summed E-state index contributed by atoms with van der Waals surface area (Å²) in [6, 6.07) is 5.07. The molecule has 1 aromatic heterocycles. The highest BCUT2D eigenvalue weighted by atomic mass is 79.9. The molecule has 0 bridgehead atoms. The molecule has 2 aromatic rings. The summed E-state index contributed by atoms with van der Waals surface area (Å²) in [5.74, 6) is -0.241. The molecule has 1 N–H and O–H groups in total. The van der Waals surface area contributed by atoms with E-state index in [0.29, 0.717) is 10.0 Å². The van der Waals surface area contributed by atoms with Gasteiger partial charge in [0.15, 0.2) is 0 Å². The quantitative estimate of drug-likeness (QED) is 0.940. The Morgan fingerprint density at radius 2 is 2.31 bits per heavy atom. The third kappa shape index (κ3) is 2.16. The topological polar surface area (TPSA) is 24.9 Å². The molecule has 0 fully saturated rings. The van der Waals surface area contributed by atoms with Gasteiger partial charge in [-0.25, -0.2) is 9.37 Å². The van der Waals surface area contributed by atoms with Crippen LogP contribution in [0.1, 0.15) is 17.3 Å². The summed E-state index contributed by atoms with van der Waals surface area (Å²) in [6.45, 7) is 0. The molecule has 0 amide bonds. The summed E-state index contributed by atoms with van der Waals surface area (Å²) in [7, 11) is 1.80. The molecular weight excluding hydrogens is 291 g/mol. The van der Waals surface area contributed by atoms with E-state index in [-0.39, 0.29) is 11.9 Å². The van der Waals surface area contributed by atoms with Crippen molar-refractivity contribution in [3.05, 3.63) is 50.6 Å². The lowest BCUT2D eigenvalue weighted by Crippen LogP contribution is -2.19. The predicted molar refractivity (Wildman–Crippen MR) is 67.1 cm³/mol. The second-order valence-electron chi connectivity index (χ2n) is 3.28. The maximum atomic E-state index is 13.9. The van der Waals surface area contributed by atoms with Crippen LogP contribution in [0.4, 0.5) is 4.39 Å². The van der Waals surface area contributed by atoms with E-state index >= 15 is 0 Å². The van der Waals surface area contributed by atoms with Gasteiger partial charge in [0.25, 0.3) is 0 Å². The molecular formula is C11H10BrFN2S. The molecule has 0 saturated carbocycles. The summed E-state index contributed by atoms with van der Waals surface area (Å²) < 4.78 is 14.4. The fraction of sp³-hybridized carbons (Fsp3) is 0.182. The number of rotatable bonds is 3. The number of thiazole rings is 1. The maximum Gasteiger partial charge on any atom is 0.142 e. The third-order valence-electron chi connectivity index (χ3n) is 2.33. The Morgan fingerprint density at radius 3 is 2.94 bits per heavy atom. The molecule has 1 aromatic carbocycles. The van der Waals surface area contributed by atoms with Gasteiger partial charge in [-0.2, -0.15) is 0 Å². The molecule has 1 atom stereocenters. The normalized spacial score (nSPS) is 12.7. The molecule has 16 heavy (non-hydrogen) atoms. The van der Waals surface area contributed by atoms with Crippen molar-refractivity contribution in [2.45, 2.75) is 6.04 Å². The van der Waals surface area contributed by atoms with Gasteiger partial charge >= 0.3 is 0 Å². The van der Waals surface area contributed by atoms with E-state index in [1.54, 1.807) is 24.7 Å². The van der Waals surface area contributed by atoms with Crippen LogP contribution < -0.4 is 5.32 Å². The molecule has 1 unspecified atom stereocenters. The summed E-state index contributed by atoms with van der Waals surface area (Å²) in [5, 5.41) is 4.99. The van der Waals surface area contributed by atoms with Crippen molar-refractivity contribution < 1.29 is 4.39 Å². The molecule has 5 heteroatoms. The standard InChI is InChI=1S/C11H10BrFN2S/c1-14-11(9-5-16-6-15-9)7-3-2-4-8(12)10(7)13/h2-6,11,14H,1H3. The van der Waals surface area contributed by atoms with Gasteiger partial charge in [0.05, 0.1) is 21.7 Å². The number of hydrogen-bond donors (Lipinski definition) is 1. The fourth-order valence-corrected chi connectivity index (χ4v) is 2.53. The lowest BCUT2D eigenvalue weighted by atomic mass is 10.0. The van der Waals surface area contributed by atoms with Crippen molar-refractivity contribution in [2.75, 3.05) is 7.05 Å². The summed E-state index contributed by atoms with van der Waals surface area (Å²) >= 11 is 4.69. The van der Waals surface area contributed by atoms with E-state index in [1.807, 2.05) is 11.4 Å². The number of nitrogens with one attached hydrogen (secondary N) is 1. The molecule has 84 valence electrons. The van der Waals surface area contributed by atoms with E-state index in [0.717, 1.165) is 5.69 Å². The minimum Gasteiger partial charge on any atom is -0.308 e. The molecule has 0 aliphatic rings. The third-order valence-corrected chi connectivity index (χ3v) is 3.55. The Kier molecular flexibility index (Phi) is 3.68. The van der Waals surface area contributed by atoms with Crippen LogP contribution in [0.3, 0.4) is 0 Å². The van der Waals surface area contributed by atoms with Gasteiger partial charge in [-0.1, -0.05) is 12.1 Å². The lowest BCUT2D eigenvalue weighted by Gasteiger charge is -2.15. The van der Waals surface area contributed by atoms with Gasteiger partial charge in [-0.3, -0.25) is 0 Å². The van der Waals surface area contributed by atoms with Gasteiger partial charge < -0.3 is 5.32 Å². The average molecular weight is 301 g/mol. The summed E-state index contributed by atoms with van der Waals surface area (Å²) in [5.41, 5.74) is 3.18. The van der Waals surface area contributed by atoms with Crippen molar-refractivity contribution in [1.29, 1.82) is 0 Å². The minimum atomic E-state index is -0.241. The van der Waals surface area contributed by atoms with E-state index in [1.165, 1.54) is 11.3 Å². The van der Waals surface area contributed by atoms with Crippen LogP contribution in [0, 0.1) is 5.82 Å². The predicted octanol–water partition coefficient (Wildman–Crippen LogP) is 3.35. The largest absolute Gasteiger partial charge is 0.308 e. The molecule has 2 nitrogen and oxygen atoms in total. The van der Waals surface area contributed by atoms with E-state index in [9.17, 15) is 4.39 Å². The van der Waals surface area contributed by atoms with Crippen molar-refractivity contribution >= 4 is 27.3 Å². The summed E-state index contributed by atoms with van der Waals surface area (Å²) in [4.78, 5) is 4.21. The first-order valence-corrected chi connectivity index (χ1v) is 6.47. The number of benzene rings is 1. The highest BCUT2D eigenvalue weighted by molar-refractivity contribution is 9.10. The first kappa shape index (κ1) is 11.7. The summed E-state index contributed by atoms with van der Waals surface area (Å²) in [6.07, 6.45) is 0. The van der Waals surface area contributed by atoms with Gasteiger partial charge in [0, 0.05) is 10.9 Å². The van der Waals surface area contributed by atoms with Gasteiger partial charge in [0.2, 0.25) is 0 Å². The Hall–Kier alpha value is -0.780. The van der Waals surface area contributed by atoms with Crippen molar-refractivity contribution in [2.24, 2.45) is 0 Å². The van der Waals surface area contributed by atoms with Crippen molar-refractivity contribution in [3.8, 4) is 0 Å². The molecule has 1 heterocycles. The number of nitrogens with zero attached hydrogens (tertiary/aromatic N) is 1. The molecule has 2 rings (SSSR count). The first-order chi connectivity index (χ1) is 7.74. The van der Waals surface area contributed by atoms with Crippen molar-refractivity contribution in [1.82, 2.24) is 10.3 Å². The van der Waals surface area contributed by atoms with Crippen LogP contribution in [-0.4, -0.2) is 12.0 Å². The zero-order chi connectivity index (χ0) is 11.5. The van der Waals surface area contributed by atoms with E-state index in [2.05, 4.69) is 26.2 Å². The maximum absolute atomic E-state index is 13.9. The highest BCUT2D eigenvalue weighted by Crippen LogP contribution is 2.27. The molecule has 0 aliphatic carbocycles. The van der Waals surface area contributed by atoms with Crippen molar-refractivity contribution in [3.63, 3.8) is 0 Å². The number of hydrogen-bond acceptors (Lipinski definition) is 3. The average Bonchev–Trinajstić information content (AvgIpc) is 2.79. The number of aromatic nitrogens is 1. The Bertz CT molecular complexity index is 473. The second kappa shape index (κ2) is 5.03. The zero-order valence-electron chi connectivity index (χ0n) is 8.58. The molecule has 0 radical (unpaired) electrons. The molecule has 0 spiro atoms. The van der Waals surface area contributed by atoms with Crippen LogP contribution in [0.5, 0.6) is 0 Å². The van der Waals surface area contributed by atoms with Crippen LogP contribution in [0.2, 0.25) is 0 Å². The molecule has 0 aliphatic heterocycles. The molecule has 0 saturated heterocycles. The van der Waals surface area contributed by atoms with E-state index < -0.39 is 0 Å². The van der Waals surface area contributed by atoms with Gasteiger partial charge in [-0.05, 0) is 29.0 Å². The Balaban J connectivity index is 2.45. The number of halogens is 2. The first-order valence-electron chi connectivity index (χ1n) is 4.73. The van der Waals surface area contributed by atoms with Crippen LogP contribution in [-0.2, 0) is 0 Å². The Labute approximate surface area is 106 Å². The van der Waals surface area contributed by atoms with Gasteiger partial charge in [0.1, 0.15) is 5.82 Å². The van der Waals surface area contributed by atoms with E-state index in [4.69, 9.17) is 0 Å². The second-order valence-corrected chi connectivity index (χ2v) is 4.85. The Morgan fingerprint density at radius 1 is 1.50 bits per heavy atom. The monoisotopic (exact) mass is 300 g/mol. The minimum absolute atomic E-state index is 0.205. The smallest absolute Gasteiger partial charge is 0.142 e. The van der Waals surface area contributed by atoms with Crippen LogP contribution in [0.15, 0.2) is 33.6 Å². The van der Waals surface area contributed by atoms with Crippen LogP contribution >= 0.6 is 27.3 Å². The van der Waals surface area contributed by atoms with Gasteiger partial charge in [-0.15, -0.1) is 11.3 Å².